The lowest BCUT2D eigenvalue weighted by molar-refractivity contribution is -0.125. The number of rotatable bonds is 4. The molecule has 4 N–H and O–H groups in total. The summed E-state index contributed by atoms with van der Waals surface area (Å²) in [5, 5.41) is 4.89. The fraction of sp³-hybridized carbons (Fsp3) is 0.833. The first-order valence-corrected chi connectivity index (χ1v) is 6.54. The minimum absolute atomic E-state index is 0. The molecule has 1 fully saturated rings. The standard InChI is InChI=1S/C12H24N4O2.ClH/c1-4-14-12(18)15-11(17)9(3)16-7-10(6-13)5-8(16)2;/h8-10H,4-7,13H2,1-3H3,(H2,14,15,17,18);1H. The van der Waals surface area contributed by atoms with Gasteiger partial charge in [0.05, 0.1) is 6.04 Å². The third kappa shape index (κ3) is 4.97. The van der Waals surface area contributed by atoms with Crippen LogP contribution in [-0.4, -0.2) is 48.6 Å². The molecule has 0 spiro atoms. The van der Waals surface area contributed by atoms with Gasteiger partial charge in [-0.2, -0.15) is 0 Å². The van der Waals surface area contributed by atoms with Crippen molar-refractivity contribution >= 4 is 24.3 Å². The average molecular weight is 293 g/mol. The van der Waals surface area contributed by atoms with Crippen LogP contribution >= 0.6 is 12.4 Å². The number of hydrogen-bond acceptors (Lipinski definition) is 4. The maximum atomic E-state index is 11.9. The van der Waals surface area contributed by atoms with E-state index in [9.17, 15) is 9.59 Å². The normalized spacial score (nSPS) is 24.4. The van der Waals surface area contributed by atoms with E-state index in [1.54, 1.807) is 0 Å². The van der Waals surface area contributed by atoms with Crippen LogP contribution in [0.15, 0.2) is 0 Å². The summed E-state index contributed by atoms with van der Waals surface area (Å²) in [6.07, 6.45) is 1.01. The van der Waals surface area contributed by atoms with Crippen molar-refractivity contribution in [2.75, 3.05) is 19.6 Å². The first kappa shape index (κ1) is 18.1. The second-order valence-electron chi connectivity index (χ2n) is 4.91. The minimum Gasteiger partial charge on any atom is -0.338 e. The first-order chi connectivity index (χ1) is 8.49. The van der Waals surface area contributed by atoms with Crippen LogP contribution in [0.3, 0.4) is 0 Å². The maximum absolute atomic E-state index is 11.9. The second-order valence-corrected chi connectivity index (χ2v) is 4.91. The number of urea groups is 1. The predicted octanol–water partition coefficient (Wildman–Crippen LogP) is 0.312. The van der Waals surface area contributed by atoms with Crippen LogP contribution in [0.25, 0.3) is 0 Å². The van der Waals surface area contributed by atoms with Crippen molar-refractivity contribution in [2.24, 2.45) is 11.7 Å². The Kier molecular flexibility index (Phi) is 7.97. The van der Waals surface area contributed by atoms with Gasteiger partial charge in [-0.1, -0.05) is 0 Å². The highest BCUT2D eigenvalue weighted by Gasteiger charge is 2.34. The van der Waals surface area contributed by atoms with Crippen molar-refractivity contribution in [3.05, 3.63) is 0 Å². The Morgan fingerprint density at radius 2 is 2.11 bits per heavy atom. The molecule has 0 aromatic rings. The van der Waals surface area contributed by atoms with Gasteiger partial charge in [-0.3, -0.25) is 15.0 Å². The van der Waals surface area contributed by atoms with Gasteiger partial charge in [0.1, 0.15) is 0 Å². The molecule has 1 rings (SSSR count). The van der Waals surface area contributed by atoms with Crippen LogP contribution in [0.4, 0.5) is 4.79 Å². The molecule has 1 aliphatic heterocycles. The van der Waals surface area contributed by atoms with Crippen molar-refractivity contribution in [2.45, 2.75) is 39.3 Å². The van der Waals surface area contributed by atoms with Gasteiger partial charge >= 0.3 is 6.03 Å². The number of likely N-dealkylation sites (tertiary alicyclic amines) is 1. The molecule has 7 heteroatoms. The van der Waals surface area contributed by atoms with Gasteiger partial charge in [0, 0.05) is 19.1 Å². The molecule has 6 nitrogen and oxygen atoms in total. The lowest BCUT2D eigenvalue weighted by Gasteiger charge is -2.27. The third-order valence-corrected chi connectivity index (χ3v) is 3.49. The molecule has 0 aromatic heterocycles. The van der Waals surface area contributed by atoms with E-state index in [2.05, 4.69) is 22.5 Å². The van der Waals surface area contributed by atoms with E-state index in [-0.39, 0.29) is 24.4 Å². The van der Waals surface area contributed by atoms with Crippen molar-refractivity contribution < 1.29 is 9.59 Å². The summed E-state index contributed by atoms with van der Waals surface area (Å²) in [6.45, 7) is 7.69. The summed E-state index contributed by atoms with van der Waals surface area (Å²) in [4.78, 5) is 25.3. The Labute approximate surface area is 120 Å². The molecule has 1 aliphatic rings. The van der Waals surface area contributed by atoms with E-state index < -0.39 is 6.03 Å². The highest BCUT2D eigenvalue weighted by molar-refractivity contribution is 5.96. The number of hydrogen-bond donors (Lipinski definition) is 3. The summed E-state index contributed by atoms with van der Waals surface area (Å²) in [5.74, 6) is 0.185. The fourth-order valence-corrected chi connectivity index (χ4v) is 2.45. The van der Waals surface area contributed by atoms with Crippen LogP contribution in [0.5, 0.6) is 0 Å². The molecule has 3 atom stereocenters. The molecule has 0 aromatic carbocycles. The Morgan fingerprint density at radius 1 is 1.47 bits per heavy atom. The molecule has 0 saturated carbocycles. The largest absolute Gasteiger partial charge is 0.338 e. The molecule has 3 unspecified atom stereocenters. The van der Waals surface area contributed by atoms with Crippen molar-refractivity contribution in [1.29, 1.82) is 0 Å². The third-order valence-electron chi connectivity index (χ3n) is 3.49. The van der Waals surface area contributed by atoms with Crippen LogP contribution in [0.1, 0.15) is 27.2 Å². The molecule has 0 bridgehead atoms. The van der Waals surface area contributed by atoms with E-state index >= 15 is 0 Å². The number of nitrogens with zero attached hydrogens (tertiary/aromatic N) is 1. The molecular formula is C12H25ClN4O2. The van der Waals surface area contributed by atoms with Crippen molar-refractivity contribution in [1.82, 2.24) is 15.5 Å². The van der Waals surface area contributed by atoms with Gasteiger partial charge in [-0.15, -0.1) is 12.4 Å². The molecule has 19 heavy (non-hydrogen) atoms. The topological polar surface area (TPSA) is 87.5 Å². The zero-order valence-electron chi connectivity index (χ0n) is 11.8. The van der Waals surface area contributed by atoms with Crippen molar-refractivity contribution in [3.8, 4) is 0 Å². The van der Waals surface area contributed by atoms with E-state index in [0.717, 1.165) is 13.0 Å². The predicted molar refractivity (Wildman–Crippen MR) is 77.3 cm³/mol. The monoisotopic (exact) mass is 292 g/mol. The highest BCUT2D eigenvalue weighted by atomic mass is 35.5. The zero-order chi connectivity index (χ0) is 13.7. The fourth-order valence-electron chi connectivity index (χ4n) is 2.45. The van der Waals surface area contributed by atoms with Gasteiger partial charge in [0.25, 0.3) is 0 Å². The number of nitrogens with two attached hydrogens (primary N) is 1. The second kappa shape index (κ2) is 8.35. The Balaban J connectivity index is 0.00000324. The minimum atomic E-state index is -0.434. The van der Waals surface area contributed by atoms with E-state index in [1.165, 1.54) is 0 Å². The summed E-state index contributed by atoms with van der Waals surface area (Å²) < 4.78 is 0. The Bertz CT molecular complexity index is 314. The van der Waals surface area contributed by atoms with Crippen LogP contribution in [0, 0.1) is 5.92 Å². The average Bonchev–Trinajstić information content (AvgIpc) is 2.69. The van der Waals surface area contributed by atoms with Crippen LogP contribution in [0.2, 0.25) is 0 Å². The zero-order valence-corrected chi connectivity index (χ0v) is 12.6. The van der Waals surface area contributed by atoms with E-state index in [0.29, 0.717) is 25.0 Å². The quantitative estimate of drug-likeness (QED) is 0.696. The number of carbonyl (C=O) groups excluding carboxylic acids is 2. The summed E-state index contributed by atoms with van der Waals surface area (Å²) in [7, 11) is 0. The number of nitrogens with one attached hydrogen (secondary N) is 2. The smallest absolute Gasteiger partial charge is 0.321 e. The Morgan fingerprint density at radius 3 is 2.58 bits per heavy atom. The van der Waals surface area contributed by atoms with Gasteiger partial charge in [-0.25, -0.2) is 4.79 Å². The number of carbonyl (C=O) groups is 2. The first-order valence-electron chi connectivity index (χ1n) is 6.54. The molecule has 1 heterocycles. The molecular weight excluding hydrogens is 268 g/mol. The number of halogens is 1. The van der Waals surface area contributed by atoms with Crippen LogP contribution in [-0.2, 0) is 4.79 Å². The highest BCUT2D eigenvalue weighted by Crippen LogP contribution is 2.24. The van der Waals surface area contributed by atoms with Crippen LogP contribution < -0.4 is 16.4 Å². The van der Waals surface area contributed by atoms with Gasteiger partial charge in [-0.05, 0) is 39.7 Å². The SMILES string of the molecule is CCNC(=O)NC(=O)C(C)N1CC(CN)CC1C.Cl. The molecule has 0 radical (unpaired) electrons. The summed E-state index contributed by atoms with van der Waals surface area (Å²) in [5.41, 5.74) is 5.66. The maximum Gasteiger partial charge on any atom is 0.321 e. The van der Waals surface area contributed by atoms with Gasteiger partial charge < -0.3 is 11.1 Å². The lowest BCUT2D eigenvalue weighted by atomic mass is 10.1. The number of imide groups is 1. The van der Waals surface area contributed by atoms with Gasteiger partial charge in [0.15, 0.2) is 0 Å². The van der Waals surface area contributed by atoms with Crippen molar-refractivity contribution in [3.63, 3.8) is 0 Å². The molecule has 1 saturated heterocycles. The summed E-state index contributed by atoms with van der Waals surface area (Å²) >= 11 is 0. The molecule has 3 amide bonds. The molecule has 112 valence electrons. The molecule has 0 aliphatic carbocycles. The Hall–Kier alpha value is -0.850. The van der Waals surface area contributed by atoms with Gasteiger partial charge in [0.2, 0.25) is 5.91 Å². The summed E-state index contributed by atoms with van der Waals surface area (Å²) in [6, 6.07) is -0.413. The lowest BCUT2D eigenvalue weighted by Crippen LogP contribution is -2.50. The van der Waals surface area contributed by atoms with E-state index in [4.69, 9.17) is 5.73 Å². The number of amides is 3. The van der Waals surface area contributed by atoms with E-state index in [1.807, 2.05) is 13.8 Å².